The third-order valence-electron chi connectivity index (χ3n) is 1.29. The molecule has 1 aromatic rings. The highest BCUT2D eigenvalue weighted by Gasteiger charge is 1.90. The average Bonchev–Trinajstić information content (AvgIpc) is 2.01. The van der Waals surface area contributed by atoms with Crippen molar-refractivity contribution in [3.8, 4) is 5.75 Å². The largest absolute Gasteiger partial charge is 0.490 e. The maximum absolute atomic E-state index is 5.30. The Morgan fingerprint density at radius 2 is 2.55 bits per heavy atom. The van der Waals surface area contributed by atoms with Gasteiger partial charge in [0.15, 0.2) is 0 Å². The van der Waals surface area contributed by atoms with E-state index in [1.54, 1.807) is 6.08 Å². The third-order valence-corrected chi connectivity index (χ3v) is 1.29. The van der Waals surface area contributed by atoms with Gasteiger partial charge in [-0.15, -0.1) is 0 Å². The number of hydrogen-bond acceptors (Lipinski definition) is 1. The van der Waals surface area contributed by atoms with Crippen LogP contribution in [0.15, 0.2) is 30.9 Å². The standard InChI is InChI=1S/C10H11O/c1-3-7-11-10-6-4-5-9(2)8-10/h3-4,6,8H,1,7H2,2H3. The monoisotopic (exact) mass is 147 g/mol. The summed E-state index contributed by atoms with van der Waals surface area (Å²) in [4.78, 5) is 0. The summed E-state index contributed by atoms with van der Waals surface area (Å²) in [6.07, 6.45) is 1.73. The summed E-state index contributed by atoms with van der Waals surface area (Å²) in [7, 11) is 0. The summed E-state index contributed by atoms with van der Waals surface area (Å²) in [6, 6.07) is 8.73. The molecule has 0 aliphatic carbocycles. The van der Waals surface area contributed by atoms with E-state index < -0.39 is 0 Å². The molecule has 1 rings (SSSR count). The molecule has 0 saturated heterocycles. The van der Waals surface area contributed by atoms with Crippen LogP contribution in [0, 0.1) is 13.0 Å². The van der Waals surface area contributed by atoms with Crippen molar-refractivity contribution in [3.05, 3.63) is 42.5 Å². The van der Waals surface area contributed by atoms with Gasteiger partial charge in [0.05, 0.1) is 0 Å². The predicted octanol–water partition coefficient (Wildman–Crippen LogP) is 2.36. The number of benzene rings is 1. The SMILES string of the molecule is C=CCOc1cc[c]c(C)c1. The van der Waals surface area contributed by atoms with E-state index in [9.17, 15) is 0 Å². The van der Waals surface area contributed by atoms with E-state index in [0.717, 1.165) is 11.3 Å². The van der Waals surface area contributed by atoms with Gasteiger partial charge in [0.2, 0.25) is 0 Å². The summed E-state index contributed by atoms with van der Waals surface area (Å²) < 4.78 is 5.30. The summed E-state index contributed by atoms with van der Waals surface area (Å²) in [5.41, 5.74) is 1.09. The molecule has 0 N–H and O–H groups in total. The zero-order chi connectivity index (χ0) is 8.10. The Balaban J connectivity index is 2.63. The van der Waals surface area contributed by atoms with Crippen molar-refractivity contribution in [3.63, 3.8) is 0 Å². The highest BCUT2D eigenvalue weighted by atomic mass is 16.5. The highest BCUT2D eigenvalue weighted by Crippen LogP contribution is 2.11. The van der Waals surface area contributed by atoms with Gasteiger partial charge in [-0.3, -0.25) is 0 Å². The molecule has 1 aromatic carbocycles. The number of rotatable bonds is 3. The quantitative estimate of drug-likeness (QED) is 0.596. The van der Waals surface area contributed by atoms with Gasteiger partial charge in [-0.1, -0.05) is 18.7 Å². The first-order valence-corrected chi connectivity index (χ1v) is 3.55. The molecule has 0 amide bonds. The fraction of sp³-hybridized carbons (Fsp3) is 0.200. The van der Waals surface area contributed by atoms with E-state index in [1.807, 2.05) is 25.1 Å². The van der Waals surface area contributed by atoms with E-state index in [4.69, 9.17) is 4.74 Å². The first-order valence-electron chi connectivity index (χ1n) is 3.55. The lowest BCUT2D eigenvalue weighted by Gasteiger charge is -2.02. The predicted molar refractivity (Wildman–Crippen MR) is 45.7 cm³/mol. The lowest BCUT2D eigenvalue weighted by atomic mass is 10.2. The van der Waals surface area contributed by atoms with Crippen molar-refractivity contribution in [1.29, 1.82) is 0 Å². The van der Waals surface area contributed by atoms with Crippen LogP contribution < -0.4 is 4.74 Å². The molecule has 0 aliphatic heterocycles. The van der Waals surface area contributed by atoms with Crippen molar-refractivity contribution in [2.75, 3.05) is 6.61 Å². The minimum Gasteiger partial charge on any atom is -0.490 e. The molecule has 0 unspecified atom stereocenters. The molecule has 1 radical (unpaired) electrons. The molecule has 0 atom stereocenters. The van der Waals surface area contributed by atoms with Gasteiger partial charge in [0.1, 0.15) is 12.4 Å². The van der Waals surface area contributed by atoms with Gasteiger partial charge >= 0.3 is 0 Å². The topological polar surface area (TPSA) is 9.23 Å². The lowest BCUT2D eigenvalue weighted by Crippen LogP contribution is -1.92. The lowest BCUT2D eigenvalue weighted by molar-refractivity contribution is 0.363. The fourth-order valence-electron chi connectivity index (χ4n) is 0.803. The second-order valence-electron chi connectivity index (χ2n) is 2.31. The minimum absolute atomic E-state index is 0.559. The molecule has 57 valence electrons. The molecule has 1 nitrogen and oxygen atoms in total. The Kier molecular flexibility index (Phi) is 2.73. The number of ether oxygens (including phenoxy) is 1. The summed E-state index contributed by atoms with van der Waals surface area (Å²) >= 11 is 0. The van der Waals surface area contributed by atoms with Crippen molar-refractivity contribution >= 4 is 0 Å². The van der Waals surface area contributed by atoms with Crippen LogP contribution in [0.2, 0.25) is 0 Å². The van der Waals surface area contributed by atoms with Crippen LogP contribution in [0.1, 0.15) is 5.56 Å². The first kappa shape index (κ1) is 7.86. The van der Waals surface area contributed by atoms with E-state index in [2.05, 4.69) is 12.6 Å². The summed E-state index contributed by atoms with van der Waals surface area (Å²) in [5, 5.41) is 0. The fourth-order valence-corrected chi connectivity index (χ4v) is 0.803. The number of aryl methyl sites for hydroxylation is 1. The third kappa shape index (κ3) is 2.46. The Hall–Kier alpha value is -1.24. The minimum atomic E-state index is 0.559. The maximum atomic E-state index is 5.30. The van der Waals surface area contributed by atoms with Crippen molar-refractivity contribution < 1.29 is 4.74 Å². The second-order valence-corrected chi connectivity index (χ2v) is 2.31. The van der Waals surface area contributed by atoms with Gasteiger partial charge in [0.25, 0.3) is 0 Å². The van der Waals surface area contributed by atoms with E-state index in [1.165, 1.54) is 0 Å². The molecule has 0 bridgehead atoms. The van der Waals surface area contributed by atoms with Crippen molar-refractivity contribution in [2.24, 2.45) is 0 Å². The number of hydrogen-bond donors (Lipinski definition) is 0. The molecular formula is C10H11O. The Labute approximate surface area is 67.3 Å². The van der Waals surface area contributed by atoms with Crippen molar-refractivity contribution in [1.82, 2.24) is 0 Å². The average molecular weight is 147 g/mol. The van der Waals surface area contributed by atoms with E-state index in [0.29, 0.717) is 6.61 Å². The molecule has 0 aliphatic rings. The second kappa shape index (κ2) is 3.81. The summed E-state index contributed by atoms with van der Waals surface area (Å²) in [5.74, 6) is 0.876. The molecule has 0 spiro atoms. The van der Waals surface area contributed by atoms with Crippen LogP contribution in [0.4, 0.5) is 0 Å². The Morgan fingerprint density at radius 1 is 1.73 bits per heavy atom. The normalized spacial score (nSPS) is 9.18. The van der Waals surface area contributed by atoms with Crippen LogP contribution in [-0.4, -0.2) is 6.61 Å². The zero-order valence-electron chi connectivity index (χ0n) is 6.63. The highest BCUT2D eigenvalue weighted by molar-refractivity contribution is 5.26. The molecule has 1 heteroatoms. The van der Waals surface area contributed by atoms with Gasteiger partial charge in [0, 0.05) is 0 Å². The van der Waals surface area contributed by atoms with Crippen LogP contribution >= 0.6 is 0 Å². The van der Waals surface area contributed by atoms with Crippen LogP contribution in [0.5, 0.6) is 5.75 Å². The van der Waals surface area contributed by atoms with E-state index >= 15 is 0 Å². The molecule has 0 saturated carbocycles. The molecule has 0 heterocycles. The Morgan fingerprint density at radius 3 is 3.18 bits per heavy atom. The van der Waals surface area contributed by atoms with Crippen LogP contribution in [0.25, 0.3) is 0 Å². The molecule has 0 fully saturated rings. The Bertz CT molecular complexity index is 240. The van der Waals surface area contributed by atoms with Gasteiger partial charge in [-0.2, -0.15) is 0 Å². The summed E-state index contributed by atoms with van der Waals surface area (Å²) in [6.45, 7) is 6.11. The smallest absolute Gasteiger partial charge is 0.120 e. The maximum Gasteiger partial charge on any atom is 0.120 e. The van der Waals surface area contributed by atoms with Crippen molar-refractivity contribution in [2.45, 2.75) is 6.92 Å². The molecule has 0 aromatic heterocycles. The van der Waals surface area contributed by atoms with Gasteiger partial charge in [-0.05, 0) is 30.7 Å². The molecule has 11 heavy (non-hydrogen) atoms. The van der Waals surface area contributed by atoms with Gasteiger partial charge in [-0.25, -0.2) is 0 Å². The van der Waals surface area contributed by atoms with Gasteiger partial charge < -0.3 is 4.74 Å². The van der Waals surface area contributed by atoms with E-state index in [-0.39, 0.29) is 0 Å². The first-order chi connectivity index (χ1) is 5.33. The zero-order valence-corrected chi connectivity index (χ0v) is 6.63. The van der Waals surface area contributed by atoms with Crippen LogP contribution in [0.3, 0.4) is 0 Å². The molecular weight excluding hydrogens is 136 g/mol. The van der Waals surface area contributed by atoms with Crippen LogP contribution in [-0.2, 0) is 0 Å².